The van der Waals surface area contributed by atoms with Crippen LogP contribution in [0.15, 0.2) is 29.2 Å². The van der Waals surface area contributed by atoms with Crippen molar-refractivity contribution < 1.29 is 42.1 Å². The third kappa shape index (κ3) is 5.88. The molecule has 1 fully saturated rings. The van der Waals surface area contributed by atoms with Gasteiger partial charge < -0.3 is 24.0 Å². The second-order valence-electron chi connectivity index (χ2n) is 9.27. The molecule has 10 nitrogen and oxygen atoms in total. The van der Waals surface area contributed by atoms with Crippen LogP contribution in [-0.4, -0.2) is 56.9 Å². The Hall–Kier alpha value is -2.54. The van der Waals surface area contributed by atoms with Gasteiger partial charge in [-0.25, -0.2) is 4.79 Å². The summed E-state index contributed by atoms with van der Waals surface area (Å²) in [7, 11) is -4.01. The van der Waals surface area contributed by atoms with Crippen molar-refractivity contribution in [2.45, 2.75) is 58.2 Å². The number of aliphatic hydroxyl groups is 1. The van der Waals surface area contributed by atoms with E-state index >= 15 is 0 Å². The minimum atomic E-state index is -4.01. The Balaban J connectivity index is 1.41. The van der Waals surface area contributed by atoms with Crippen LogP contribution in [0.3, 0.4) is 0 Å². The summed E-state index contributed by atoms with van der Waals surface area (Å²) < 4.78 is 57.1. The van der Waals surface area contributed by atoms with Crippen molar-refractivity contribution in [2.24, 2.45) is 0 Å². The molecule has 1 aliphatic heterocycles. The molecule has 1 aliphatic rings. The minimum absolute atomic E-state index is 0.00336. The maximum atomic E-state index is 14.6. The highest BCUT2D eigenvalue weighted by Crippen LogP contribution is 2.44. The van der Waals surface area contributed by atoms with Gasteiger partial charge in [0.2, 0.25) is 6.23 Å². The van der Waals surface area contributed by atoms with E-state index in [0.717, 1.165) is 27.8 Å². The number of fused-ring (bicyclic) bond motifs is 1. The molecule has 0 aliphatic carbocycles. The van der Waals surface area contributed by atoms with Crippen LogP contribution in [0.1, 0.15) is 33.5 Å². The molecule has 206 valence electrons. The molecule has 38 heavy (non-hydrogen) atoms. The molecular weight excluding hydrogens is 545 g/mol. The van der Waals surface area contributed by atoms with Crippen LogP contribution in [0.25, 0.3) is 10.1 Å². The Bertz CT molecular complexity index is 1480. The molecule has 0 bridgehead atoms. The van der Waals surface area contributed by atoms with Crippen LogP contribution >= 0.6 is 18.9 Å². The number of halogens is 2. The number of alkyl halides is 2. The number of thiophene rings is 1. The molecule has 2 N–H and O–H groups in total. The highest BCUT2D eigenvalue weighted by atomic mass is 32.1. The summed E-state index contributed by atoms with van der Waals surface area (Å²) in [5, 5.41) is 11.0. The largest absolute Gasteiger partial charge is 0.460 e. The first-order chi connectivity index (χ1) is 17.7. The van der Waals surface area contributed by atoms with Gasteiger partial charge in [-0.05, 0) is 55.0 Å². The molecule has 0 amide bonds. The van der Waals surface area contributed by atoms with Crippen LogP contribution < -0.4 is 5.69 Å². The van der Waals surface area contributed by atoms with Gasteiger partial charge in [0.15, 0.2) is 6.10 Å². The molecule has 2 aromatic heterocycles. The van der Waals surface area contributed by atoms with Crippen molar-refractivity contribution in [3.05, 3.63) is 62.1 Å². The van der Waals surface area contributed by atoms with E-state index in [0.29, 0.717) is 4.57 Å². The maximum absolute atomic E-state index is 14.6. The average Bonchev–Trinajstić information content (AvgIpc) is 3.33. The van der Waals surface area contributed by atoms with Crippen molar-refractivity contribution in [3.8, 4) is 0 Å². The lowest BCUT2D eigenvalue weighted by atomic mass is 10.0. The quantitative estimate of drug-likeness (QED) is 0.307. The van der Waals surface area contributed by atoms with Gasteiger partial charge in [0.05, 0.1) is 18.7 Å². The Morgan fingerprint density at radius 1 is 1.29 bits per heavy atom. The number of nitrogens with zero attached hydrogens (tertiary/aromatic N) is 2. The predicted molar refractivity (Wildman–Crippen MR) is 135 cm³/mol. The van der Waals surface area contributed by atoms with Gasteiger partial charge >= 0.3 is 25.2 Å². The Morgan fingerprint density at radius 2 is 2.00 bits per heavy atom. The highest BCUT2D eigenvalue weighted by Gasteiger charge is 2.60. The number of hydrogen-bond donors (Lipinski definition) is 2. The number of aromatic nitrogens is 2. The smallest absolute Gasteiger partial charge is 0.350 e. The number of benzene rings is 1. The van der Waals surface area contributed by atoms with Crippen LogP contribution in [0.2, 0.25) is 0 Å². The molecule has 0 saturated carbocycles. The number of aliphatic hydroxyl groups excluding tert-OH is 1. The van der Waals surface area contributed by atoms with Crippen molar-refractivity contribution in [3.63, 3.8) is 0 Å². The number of rotatable bonds is 8. The summed E-state index contributed by atoms with van der Waals surface area (Å²) in [6.07, 6.45) is -5.68. The Labute approximate surface area is 220 Å². The normalized spacial score (nSPS) is 22.5. The van der Waals surface area contributed by atoms with Crippen molar-refractivity contribution in [1.29, 1.82) is 0 Å². The number of carbonyl (C=O) groups is 1. The van der Waals surface area contributed by atoms with Gasteiger partial charge in [-0.15, -0.1) is 11.3 Å². The van der Waals surface area contributed by atoms with Crippen LogP contribution in [-0.2, 0) is 36.4 Å². The molecule has 14 heteroatoms. The van der Waals surface area contributed by atoms with E-state index in [4.69, 9.17) is 9.47 Å². The van der Waals surface area contributed by atoms with Gasteiger partial charge in [0.25, 0.3) is 0 Å². The van der Waals surface area contributed by atoms with E-state index in [1.807, 2.05) is 19.9 Å². The van der Waals surface area contributed by atoms with Crippen molar-refractivity contribution >= 4 is 35.0 Å². The van der Waals surface area contributed by atoms with Gasteiger partial charge in [-0.1, -0.05) is 6.07 Å². The maximum Gasteiger partial charge on any atom is 0.350 e. The number of ether oxygens (including phenoxy) is 2. The summed E-state index contributed by atoms with van der Waals surface area (Å²) in [6.45, 7) is 6.24. The summed E-state index contributed by atoms with van der Waals surface area (Å²) in [5.41, 5.74) is 2.42. The second kappa shape index (κ2) is 10.6. The summed E-state index contributed by atoms with van der Waals surface area (Å²) >= 11 is 1.53. The molecule has 3 aromatic rings. The number of aryl methyl sites for hydroxylation is 2. The lowest BCUT2D eigenvalue weighted by Crippen LogP contribution is -2.42. The van der Waals surface area contributed by atoms with Crippen LogP contribution in [0.5, 0.6) is 0 Å². The zero-order valence-electron chi connectivity index (χ0n) is 21.0. The number of esters is 1. The van der Waals surface area contributed by atoms with Gasteiger partial charge in [0.1, 0.15) is 12.7 Å². The number of carbonyl (C=O) groups excluding carboxylic acids is 1. The van der Waals surface area contributed by atoms with E-state index in [1.165, 1.54) is 34.1 Å². The third-order valence-electron chi connectivity index (χ3n) is 6.38. The predicted octanol–water partition coefficient (Wildman–Crippen LogP) is 3.39. The van der Waals surface area contributed by atoms with Crippen LogP contribution in [0.4, 0.5) is 8.78 Å². The SMILES string of the molecule is Cc1cc2cc(COC(=O)Cc3ccn([C@@H]4O[C@H](COP(C)(=O)O)[C@@H](O)C4(F)F)c(=O)n3)sc2c(C)c1C. The standard InChI is InChI=1S/C24H27F2N2O8PS/c1-12-7-15-8-17(38-20(15)14(3)13(12)2)10-34-19(29)9-16-5-6-28(23(31)27-16)22-24(25,26)21(30)18(36-22)11-35-37(4,32)33/h5-8,18,21-22,30H,9-11H2,1-4H3,(H,32,33)/t18-,21-,22-/m1/s1. The fourth-order valence-corrected chi connectivity index (χ4v) is 5.66. The van der Waals surface area contributed by atoms with Gasteiger partial charge in [0, 0.05) is 22.4 Å². The van der Waals surface area contributed by atoms with Crippen molar-refractivity contribution in [1.82, 2.24) is 9.55 Å². The minimum Gasteiger partial charge on any atom is -0.460 e. The van der Waals surface area contributed by atoms with E-state index in [9.17, 15) is 32.9 Å². The summed E-state index contributed by atoms with van der Waals surface area (Å²) in [5.74, 6) is -4.58. The third-order valence-corrected chi connectivity index (χ3v) is 8.25. The van der Waals surface area contributed by atoms with Crippen LogP contribution in [0, 0.1) is 20.8 Å². The first kappa shape index (κ1) is 28.5. The number of hydrogen-bond acceptors (Lipinski definition) is 9. The van der Waals surface area contributed by atoms with E-state index in [-0.39, 0.29) is 18.7 Å². The molecule has 1 saturated heterocycles. The molecule has 0 radical (unpaired) electrons. The molecule has 3 heterocycles. The zero-order valence-corrected chi connectivity index (χ0v) is 22.7. The first-order valence-corrected chi connectivity index (χ1v) is 14.4. The zero-order chi connectivity index (χ0) is 28.0. The average molecular weight is 573 g/mol. The lowest BCUT2D eigenvalue weighted by Gasteiger charge is -2.21. The first-order valence-electron chi connectivity index (χ1n) is 11.6. The molecule has 1 unspecified atom stereocenters. The summed E-state index contributed by atoms with van der Waals surface area (Å²) in [4.78, 5) is 38.6. The molecule has 4 atom stereocenters. The Morgan fingerprint density at radius 3 is 2.66 bits per heavy atom. The highest BCUT2D eigenvalue weighted by molar-refractivity contribution is 7.51. The molecule has 1 aromatic carbocycles. The second-order valence-corrected chi connectivity index (χ2v) is 12.3. The molecule has 0 spiro atoms. The monoisotopic (exact) mass is 572 g/mol. The fourth-order valence-electron chi connectivity index (χ4n) is 4.13. The summed E-state index contributed by atoms with van der Waals surface area (Å²) in [6, 6.07) is 5.24. The molecule has 4 rings (SSSR count). The fraction of sp³-hybridized carbons (Fsp3) is 0.458. The van der Waals surface area contributed by atoms with Gasteiger partial charge in [-0.2, -0.15) is 13.8 Å². The lowest BCUT2D eigenvalue weighted by molar-refractivity contribution is -0.144. The Kier molecular flexibility index (Phi) is 7.91. The topological polar surface area (TPSA) is 137 Å². The van der Waals surface area contributed by atoms with E-state index in [1.54, 1.807) is 0 Å². The van der Waals surface area contributed by atoms with Gasteiger partial charge in [-0.3, -0.25) is 13.9 Å². The van der Waals surface area contributed by atoms with E-state index in [2.05, 4.69) is 22.5 Å². The van der Waals surface area contributed by atoms with E-state index < -0.39 is 50.2 Å². The van der Waals surface area contributed by atoms with Crippen molar-refractivity contribution in [2.75, 3.05) is 13.3 Å². The molecular formula is C24H27F2N2O8PS.